The fraction of sp³-hybridized carbons (Fsp3) is 0.833. The van der Waals surface area contributed by atoms with E-state index in [4.69, 9.17) is 4.74 Å². The molecule has 0 N–H and O–H groups in total. The molecule has 0 amide bonds. The van der Waals surface area contributed by atoms with Crippen molar-refractivity contribution < 1.29 is 14.3 Å². The summed E-state index contributed by atoms with van der Waals surface area (Å²) < 4.78 is 6.08. The summed E-state index contributed by atoms with van der Waals surface area (Å²) in [6, 6.07) is 0. The van der Waals surface area contributed by atoms with Gasteiger partial charge in [0, 0.05) is 18.3 Å². The third-order valence-electron chi connectivity index (χ3n) is 9.99. The van der Waals surface area contributed by atoms with Gasteiger partial charge in [-0.1, -0.05) is 32.8 Å². The Morgan fingerprint density at radius 3 is 2.52 bits per heavy atom. The smallest absolute Gasteiger partial charge is 0.306 e. The van der Waals surface area contributed by atoms with Crippen molar-refractivity contribution in [1.82, 2.24) is 0 Å². The fourth-order valence-electron chi connectivity index (χ4n) is 8.42. The molecule has 4 fully saturated rings. The van der Waals surface area contributed by atoms with E-state index in [-0.39, 0.29) is 22.4 Å². The van der Waals surface area contributed by atoms with E-state index in [9.17, 15) is 9.59 Å². The van der Waals surface area contributed by atoms with Crippen molar-refractivity contribution in [3.05, 3.63) is 11.6 Å². The zero-order chi connectivity index (χ0) is 19.0. The molecule has 148 valence electrons. The van der Waals surface area contributed by atoms with E-state index < -0.39 is 0 Å². The van der Waals surface area contributed by atoms with Gasteiger partial charge in [-0.2, -0.15) is 0 Å². The van der Waals surface area contributed by atoms with Crippen LogP contribution < -0.4 is 0 Å². The van der Waals surface area contributed by atoms with E-state index in [1.165, 1.54) is 31.3 Å². The van der Waals surface area contributed by atoms with Gasteiger partial charge in [0.1, 0.15) is 5.60 Å². The number of carbonyl (C=O) groups is 2. The average Bonchev–Trinajstić information content (AvgIpc) is 3.16. The van der Waals surface area contributed by atoms with Crippen LogP contribution in [0.15, 0.2) is 11.6 Å². The molecule has 27 heavy (non-hydrogen) atoms. The highest BCUT2D eigenvalue weighted by molar-refractivity contribution is 5.91. The molecule has 0 aromatic rings. The number of esters is 1. The summed E-state index contributed by atoms with van der Waals surface area (Å²) >= 11 is 0. The predicted octanol–water partition coefficient (Wildman–Crippen LogP) is 5.23. The predicted molar refractivity (Wildman–Crippen MR) is 104 cm³/mol. The minimum absolute atomic E-state index is 0.0256. The molecule has 0 aromatic heterocycles. The average molecular weight is 371 g/mol. The first-order chi connectivity index (χ1) is 12.8. The molecular weight excluding hydrogens is 336 g/mol. The zero-order valence-electron chi connectivity index (χ0n) is 17.2. The van der Waals surface area contributed by atoms with Gasteiger partial charge in [0.15, 0.2) is 5.78 Å². The van der Waals surface area contributed by atoms with Crippen LogP contribution >= 0.6 is 0 Å². The minimum Gasteiger partial charge on any atom is -0.458 e. The van der Waals surface area contributed by atoms with Crippen molar-refractivity contribution in [1.29, 1.82) is 0 Å². The summed E-state index contributed by atoms with van der Waals surface area (Å²) in [6.07, 6.45) is 12.3. The van der Waals surface area contributed by atoms with Gasteiger partial charge in [0.25, 0.3) is 0 Å². The summed E-state index contributed by atoms with van der Waals surface area (Å²) in [5.74, 6) is 3.13. The number of carbonyl (C=O) groups excluding carboxylic acids is 2. The third kappa shape index (κ3) is 2.20. The Kier molecular flexibility index (Phi) is 3.79. The van der Waals surface area contributed by atoms with Gasteiger partial charge < -0.3 is 4.74 Å². The summed E-state index contributed by atoms with van der Waals surface area (Å²) in [5, 5.41) is 0. The van der Waals surface area contributed by atoms with Crippen LogP contribution in [0.1, 0.15) is 85.0 Å². The van der Waals surface area contributed by atoms with Gasteiger partial charge >= 0.3 is 5.97 Å². The Morgan fingerprint density at radius 1 is 1.04 bits per heavy atom. The molecule has 3 saturated carbocycles. The molecule has 0 aromatic carbocycles. The topological polar surface area (TPSA) is 43.4 Å². The highest BCUT2D eigenvalue weighted by Gasteiger charge is 2.68. The van der Waals surface area contributed by atoms with Crippen molar-refractivity contribution in [2.75, 3.05) is 0 Å². The van der Waals surface area contributed by atoms with Gasteiger partial charge in [0.05, 0.1) is 0 Å². The number of fused-ring (bicyclic) bond motifs is 6. The van der Waals surface area contributed by atoms with Crippen LogP contribution in [0.5, 0.6) is 0 Å². The molecule has 5 aliphatic rings. The van der Waals surface area contributed by atoms with Crippen LogP contribution in [0.3, 0.4) is 0 Å². The van der Waals surface area contributed by atoms with Crippen LogP contribution in [-0.4, -0.2) is 17.4 Å². The lowest BCUT2D eigenvalue weighted by Crippen LogP contribution is -2.56. The molecule has 5 rings (SSSR count). The second-order valence-electron chi connectivity index (χ2n) is 10.7. The molecule has 0 radical (unpaired) electrons. The standard InChI is InChI=1S/C24H34O3/c1-4-15-13-16-14-17(25)5-9-22(16,2)18-6-10-23(3)19(21(15)18)7-11-24(23)12-8-20(26)27-24/h14-15,18-19,21H,4-13H2,1-3H3/t15-,18?,19?,21?,22?,23?,24-/m1/s1. The van der Waals surface area contributed by atoms with Crippen molar-refractivity contribution >= 4 is 11.8 Å². The number of rotatable bonds is 1. The first-order valence-electron chi connectivity index (χ1n) is 11.3. The summed E-state index contributed by atoms with van der Waals surface area (Å²) in [6.45, 7) is 7.24. The van der Waals surface area contributed by atoms with Crippen molar-refractivity contribution in [2.45, 2.75) is 90.6 Å². The quantitative estimate of drug-likeness (QED) is 0.594. The van der Waals surface area contributed by atoms with Crippen molar-refractivity contribution in [2.24, 2.45) is 34.5 Å². The number of hydrogen-bond acceptors (Lipinski definition) is 3. The van der Waals surface area contributed by atoms with Gasteiger partial charge in [-0.15, -0.1) is 0 Å². The maximum Gasteiger partial charge on any atom is 0.306 e. The lowest BCUT2D eigenvalue weighted by molar-refractivity contribution is -0.171. The number of hydrogen-bond donors (Lipinski definition) is 0. The number of ether oxygens (including phenoxy) is 1. The molecule has 1 saturated heterocycles. The molecule has 1 spiro atoms. The van der Waals surface area contributed by atoms with E-state index in [0.717, 1.165) is 38.0 Å². The summed E-state index contributed by atoms with van der Waals surface area (Å²) in [4.78, 5) is 24.2. The maximum atomic E-state index is 12.1. The Balaban J connectivity index is 1.54. The Morgan fingerprint density at radius 2 is 1.81 bits per heavy atom. The normalized spacial score (nSPS) is 51.4. The fourth-order valence-corrected chi connectivity index (χ4v) is 8.42. The first-order valence-corrected chi connectivity index (χ1v) is 11.3. The second-order valence-corrected chi connectivity index (χ2v) is 10.7. The van der Waals surface area contributed by atoms with Crippen LogP contribution in [0.4, 0.5) is 0 Å². The molecule has 4 aliphatic carbocycles. The largest absolute Gasteiger partial charge is 0.458 e. The van der Waals surface area contributed by atoms with Crippen molar-refractivity contribution in [3.8, 4) is 0 Å². The van der Waals surface area contributed by atoms with E-state index in [1.54, 1.807) is 0 Å². The van der Waals surface area contributed by atoms with Crippen LogP contribution in [-0.2, 0) is 14.3 Å². The molecule has 3 nitrogen and oxygen atoms in total. The maximum absolute atomic E-state index is 12.1. The molecule has 1 heterocycles. The summed E-state index contributed by atoms with van der Waals surface area (Å²) in [5.41, 5.74) is 1.64. The SMILES string of the molecule is CC[C@@H]1CC2=CC(=O)CCC2(C)C2CCC3(C)C(CC[C@@]34CCC(=O)O4)C21. The second kappa shape index (κ2) is 5.70. The lowest BCUT2D eigenvalue weighted by Gasteiger charge is -2.61. The lowest BCUT2D eigenvalue weighted by atomic mass is 9.44. The van der Waals surface area contributed by atoms with E-state index in [1.807, 2.05) is 6.08 Å². The van der Waals surface area contributed by atoms with Crippen LogP contribution in [0.25, 0.3) is 0 Å². The molecule has 7 atom stereocenters. The molecule has 0 bridgehead atoms. The monoisotopic (exact) mass is 370 g/mol. The minimum atomic E-state index is -0.183. The van der Waals surface area contributed by atoms with Gasteiger partial charge in [0.2, 0.25) is 0 Å². The zero-order valence-corrected chi connectivity index (χ0v) is 17.2. The third-order valence-corrected chi connectivity index (χ3v) is 9.99. The number of ketones is 1. The van der Waals surface area contributed by atoms with Crippen LogP contribution in [0.2, 0.25) is 0 Å². The molecule has 3 heteroatoms. The highest BCUT2D eigenvalue weighted by atomic mass is 16.6. The van der Waals surface area contributed by atoms with Gasteiger partial charge in [-0.25, -0.2) is 0 Å². The molecule has 5 unspecified atom stereocenters. The van der Waals surface area contributed by atoms with E-state index in [0.29, 0.717) is 30.0 Å². The number of allylic oxidation sites excluding steroid dienone is 1. The summed E-state index contributed by atoms with van der Waals surface area (Å²) in [7, 11) is 0. The van der Waals surface area contributed by atoms with Crippen molar-refractivity contribution in [3.63, 3.8) is 0 Å². The van der Waals surface area contributed by atoms with Gasteiger partial charge in [-0.05, 0) is 80.1 Å². The van der Waals surface area contributed by atoms with E-state index in [2.05, 4.69) is 20.8 Å². The van der Waals surface area contributed by atoms with Gasteiger partial charge in [-0.3, -0.25) is 9.59 Å². The Bertz CT molecular complexity index is 723. The Hall–Kier alpha value is -1.12. The first kappa shape index (κ1) is 17.9. The highest BCUT2D eigenvalue weighted by Crippen LogP contribution is 2.70. The Labute approximate surface area is 163 Å². The van der Waals surface area contributed by atoms with Crippen LogP contribution in [0, 0.1) is 34.5 Å². The molecule has 1 aliphatic heterocycles. The molecular formula is C24H34O3. The van der Waals surface area contributed by atoms with E-state index >= 15 is 0 Å².